The van der Waals surface area contributed by atoms with E-state index in [2.05, 4.69) is 68.9 Å². The summed E-state index contributed by atoms with van der Waals surface area (Å²) in [7, 11) is 0. The highest BCUT2D eigenvalue weighted by atomic mass is 79.9. The maximum atomic E-state index is 12.5. The number of hydrogen-bond acceptors (Lipinski definition) is 4. The lowest BCUT2D eigenvalue weighted by Gasteiger charge is -2.18. The lowest BCUT2D eigenvalue weighted by atomic mass is 9.88. The van der Waals surface area contributed by atoms with Crippen molar-refractivity contribution >= 4 is 39.2 Å². The lowest BCUT2D eigenvalue weighted by molar-refractivity contribution is -0.274. The molecule has 3 aromatic carbocycles. The van der Waals surface area contributed by atoms with Crippen molar-refractivity contribution in [2.24, 2.45) is 4.99 Å². The van der Waals surface area contributed by atoms with E-state index >= 15 is 0 Å². The standard InChI is InChI=1S/C30H25BrF3N3OS/c1-18-11-22(31)12-19(2)27(18)14-25(39)16-35-15-20-3-9-26-21(13-20)4-10-29-28(26)17-36-37(29)23-5-7-24(8-6-23)38-30(32,33)34/h3,5-9,11-13,15,17H,4,10,14,16H2,1-2H3. The smallest absolute Gasteiger partial charge is 0.406 e. The lowest BCUT2D eigenvalue weighted by Crippen LogP contribution is -2.17. The second-order valence-electron chi connectivity index (χ2n) is 9.58. The Morgan fingerprint density at radius 1 is 1.05 bits per heavy atom. The molecule has 0 saturated heterocycles. The van der Waals surface area contributed by atoms with Crippen LogP contribution in [0.15, 0.2) is 70.3 Å². The van der Waals surface area contributed by atoms with E-state index in [-0.39, 0.29) is 5.75 Å². The number of hydrogen-bond donors (Lipinski definition) is 0. The van der Waals surface area contributed by atoms with Gasteiger partial charge >= 0.3 is 6.36 Å². The fourth-order valence-electron chi connectivity index (χ4n) is 4.99. The van der Waals surface area contributed by atoms with Crippen LogP contribution < -0.4 is 4.74 Å². The van der Waals surface area contributed by atoms with Gasteiger partial charge in [0.25, 0.3) is 0 Å². The number of aryl methyl sites for hydroxylation is 3. The first-order valence-corrected chi connectivity index (χ1v) is 13.6. The summed E-state index contributed by atoms with van der Waals surface area (Å²) in [6, 6.07) is 16.2. The summed E-state index contributed by atoms with van der Waals surface area (Å²) >= 11 is 9.17. The van der Waals surface area contributed by atoms with Crippen molar-refractivity contribution in [3.63, 3.8) is 0 Å². The van der Waals surface area contributed by atoms with Crippen molar-refractivity contribution in [1.29, 1.82) is 0 Å². The molecular formula is C30H25BrF3N3OS. The number of benzene rings is 3. The normalized spacial score (nSPS) is 12.9. The summed E-state index contributed by atoms with van der Waals surface area (Å²) in [5.74, 6) is -0.258. The third-order valence-electron chi connectivity index (χ3n) is 6.78. The maximum Gasteiger partial charge on any atom is 0.573 e. The Labute approximate surface area is 238 Å². The SMILES string of the molecule is Cc1cc(Br)cc(C)c1CC(=S)CN=Cc1ccc2c(c1)CCc1c-2cnn1-c1ccc(OC(F)(F)F)cc1. The fourth-order valence-corrected chi connectivity index (χ4v) is 5.90. The van der Waals surface area contributed by atoms with Crippen molar-refractivity contribution in [2.45, 2.75) is 39.5 Å². The number of aliphatic imine (C=N–C) groups is 1. The van der Waals surface area contributed by atoms with Crippen LogP contribution in [-0.2, 0) is 19.3 Å². The minimum atomic E-state index is -4.72. The zero-order chi connectivity index (χ0) is 27.7. The van der Waals surface area contributed by atoms with Gasteiger partial charge in [0.1, 0.15) is 5.75 Å². The van der Waals surface area contributed by atoms with Crippen molar-refractivity contribution in [2.75, 3.05) is 6.54 Å². The molecule has 0 radical (unpaired) electrons. The summed E-state index contributed by atoms with van der Waals surface area (Å²) in [6.07, 6.45) is 1.28. The molecule has 4 nitrogen and oxygen atoms in total. The number of rotatable bonds is 7. The van der Waals surface area contributed by atoms with E-state index in [1.807, 2.05) is 18.5 Å². The predicted molar refractivity (Wildman–Crippen MR) is 155 cm³/mol. The summed E-state index contributed by atoms with van der Waals surface area (Å²) in [4.78, 5) is 5.50. The molecule has 1 aromatic heterocycles. The van der Waals surface area contributed by atoms with Gasteiger partial charge in [-0.15, -0.1) is 13.2 Å². The van der Waals surface area contributed by atoms with Gasteiger partial charge in [-0.05, 0) is 103 Å². The van der Waals surface area contributed by atoms with Crippen molar-refractivity contribution in [3.05, 3.63) is 98.8 Å². The molecule has 9 heteroatoms. The Bertz CT molecular complexity index is 1550. The minimum absolute atomic E-state index is 0.258. The number of fused-ring (bicyclic) bond motifs is 3. The van der Waals surface area contributed by atoms with E-state index in [4.69, 9.17) is 12.2 Å². The van der Waals surface area contributed by atoms with Crippen molar-refractivity contribution in [1.82, 2.24) is 9.78 Å². The Balaban J connectivity index is 1.27. The monoisotopic (exact) mass is 611 g/mol. The quantitative estimate of drug-likeness (QED) is 0.157. The highest BCUT2D eigenvalue weighted by Gasteiger charge is 2.31. The highest BCUT2D eigenvalue weighted by Crippen LogP contribution is 2.35. The van der Waals surface area contributed by atoms with E-state index in [0.717, 1.165) is 51.0 Å². The second kappa shape index (κ2) is 11.1. The van der Waals surface area contributed by atoms with E-state index in [1.54, 1.807) is 16.8 Å². The van der Waals surface area contributed by atoms with Crippen molar-refractivity contribution in [3.8, 4) is 22.6 Å². The van der Waals surface area contributed by atoms with E-state index in [1.165, 1.54) is 34.4 Å². The molecule has 39 heavy (non-hydrogen) atoms. The molecule has 5 rings (SSSR count). The van der Waals surface area contributed by atoms with E-state index < -0.39 is 6.36 Å². The number of alkyl halides is 3. The zero-order valence-electron chi connectivity index (χ0n) is 21.3. The van der Waals surface area contributed by atoms with Gasteiger partial charge in [-0.1, -0.05) is 40.3 Å². The van der Waals surface area contributed by atoms with Gasteiger partial charge in [0, 0.05) is 27.5 Å². The number of thiocarbonyl (C=S) groups is 1. The van der Waals surface area contributed by atoms with E-state index in [0.29, 0.717) is 12.2 Å². The summed E-state index contributed by atoms with van der Waals surface area (Å²) in [5.41, 5.74) is 9.77. The molecule has 0 saturated carbocycles. The van der Waals surface area contributed by atoms with Crippen LogP contribution in [0.1, 0.15) is 33.5 Å². The molecule has 0 aliphatic heterocycles. The van der Waals surface area contributed by atoms with Crippen LogP contribution in [0.3, 0.4) is 0 Å². The van der Waals surface area contributed by atoms with Gasteiger partial charge in [0.05, 0.1) is 24.1 Å². The van der Waals surface area contributed by atoms with Crippen LogP contribution in [-0.4, -0.2) is 33.8 Å². The second-order valence-corrected chi connectivity index (χ2v) is 11.1. The van der Waals surface area contributed by atoms with Crippen LogP contribution in [0.2, 0.25) is 0 Å². The van der Waals surface area contributed by atoms with Crippen LogP contribution in [0.4, 0.5) is 13.2 Å². The summed E-state index contributed by atoms with van der Waals surface area (Å²) < 4.78 is 44.3. The molecule has 1 aliphatic carbocycles. The van der Waals surface area contributed by atoms with Crippen LogP contribution >= 0.6 is 28.1 Å². The Hall–Kier alpha value is -3.30. The van der Waals surface area contributed by atoms with Crippen molar-refractivity contribution < 1.29 is 17.9 Å². The van der Waals surface area contributed by atoms with Crippen LogP contribution in [0.5, 0.6) is 5.75 Å². The molecule has 0 spiro atoms. The topological polar surface area (TPSA) is 39.4 Å². The average Bonchev–Trinajstić information content (AvgIpc) is 3.30. The molecule has 0 amide bonds. The Kier molecular flexibility index (Phi) is 7.73. The zero-order valence-corrected chi connectivity index (χ0v) is 23.8. The Morgan fingerprint density at radius 2 is 1.77 bits per heavy atom. The number of ether oxygens (including phenoxy) is 1. The molecular weight excluding hydrogens is 587 g/mol. The van der Waals surface area contributed by atoms with Gasteiger partial charge in [-0.25, -0.2) is 4.68 Å². The maximum absolute atomic E-state index is 12.5. The fraction of sp³-hybridized carbons (Fsp3) is 0.233. The molecule has 1 aliphatic rings. The average molecular weight is 613 g/mol. The Morgan fingerprint density at radius 3 is 2.46 bits per heavy atom. The highest BCUT2D eigenvalue weighted by molar-refractivity contribution is 9.10. The predicted octanol–water partition coefficient (Wildman–Crippen LogP) is 7.95. The molecule has 200 valence electrons. The largest absolute Gasteiger partial charge is 0.573 e. The van der Waals surface area contributed by atoms with Crippen LogP contribution in [0.25, 0.3) is 16.8 Å². The number of halogens is 4. The first kappa shape index (κ1) is 27.3. The number of nitrogens with zero attached hydrogens (tertiary/aromatic N) is 3. The molecule has 0 N–H and O–H groups in total. The van der Waals surface area contributed by atoms with Gasteiger partial charge in [0.2, 0.25) is 0 Å². The first-order chi connectivity index (χ1) is 18.6. The minimum Gasteiger partial charge on any atom is -0.406 e. The van der Waals surface area contributed by atoms with Gasteiger partial charge < -0.3 is 4.74 Å². The molecule has 1 heterocycles. The van der Waals surface area contributed by atoms with Gasteiger partial charge in [-0.3, -0.25) is 4.99 Å². The van der Waals surface area contributed by atoms with Crippen LogP contribution in [0, 0.1) is 13.8 Å². The summed E-state index contributed by atoms with van der Waals surface area (Å²) in [6.45, 7) is 4.69. The molecule has 0 atom stereocenters. The third kappa shape index (κ3) is 6.31. The summed E-state index contributed by atoms with van der Waals surface area (Å²) in [5, 5.41) is 4.52. The third-order valence-corrected chi connectivity index (χ3v) is 7.51. The number of aromatic nitrogens is 2. The van der Waals surface area contributed by atoms with E-state index in [9.17, 15) is 13.2 Å². The first-order valence-electron chi connectivity index (χ1n) is 12.4. The molecule has 0 fully saturated rings. The molecule has 4 aromatic rings. The molecule has 0 bridgehead atoms. The van der Waals surface area contributed by atoms with Gasteiger partial charge in [0.15, 0.2) is 0 Å². The van der Waals surface area contributed by atoms with Gasteiger partial charge in [-0.2, -0.15) is 5.10 Å². The molecule has 0 unspecified atom stereocenters.